The van der Waals surface area contributed by atoms with Gasteiger partial charge in [0.15, 0.2) is 0 Å². The van der Waals surface area contributed by atoms with Gasteiger partial charge in [-0.05, 0) is 56.1 Å². The number of carbonyl (C=O) groups is 1. The molecular formula is C11H4Br2Cl2OS. The Balaban J connectivity index is 2.43. The van der Waals surface area contributed by atoms with Crippen LogP contribution in [-0.4, -0.2) is 5.78 Å². The molecule has 0 unspecified atom stereocenters. The minimum Gasteiger partial charge on any atom is -0.288 e. The van der Waals surface area contributed by atoms with E-state index in [4.69, 9.17) is 23.2 Å². The van der Waals surface area contributed by atoms with Crippen LogP contribution in [0.5, 0.6) is 0 Å². The summed E-state index contributed by atoms with van der Waals surface area (Å²) in [5.74, 6) is -0.108. The molecule has 6 heteroatoms. The van der Waals surface area contributed by atoms with Gasteiger partial charge in [0, 0.05) is 15.1 Å². The van der Waals surface area contributed by atoms with Gasteiger partial charge in [-0.2, -0.15) is 0 Å². The summed E-state index contributed by atoms with van der Waals surface area (Å²) in [6.07, 6.45) is 0. The van der Waals surface area contributed by atoms with E-state index in [1.54, 1.807) is 24.3 Å². The summed E-state index contributed by atoms with van der Waals surface area (Å²) in [4.78, 5) is 12.8. The average molecular weight is 415 g/mol. The Hall–Kier alpha value is 0.130. The minimum atomic E-state index is -0.108. The summed E-state index contributed by atoms with van der Waals surface area (Å²) in [7, 11) is 0. The first kappa shape index (κ1) is 13.6. The summed E-state index contributed by atoms with van der Waals surface area (Å²) in [5.41, 5.74) is 0.456. The smallest absolute Gasteiger partial charge is 0.204 e. The van der Waals surface area contributed by atoms with Crippen molar-refractivity contribution in [2.45, 2.75) is 0 Å². The summed E-state index contributed by atoms with van der Waals surface area (Å²) in [5, 5.41) is 0.878. The second-order valence-electron chi connectivity index (χ2n) is 3.19. The lowest BCUT2D eigenvalue weighted by molar-refractivity contribution is 0.104. The topological polar surface area (TPSA) is 17.1 Å². The van der Waals surface area contributed by atoms with Crippen molar-refractivity contribution in [1.29, 1.82) is 0 Å². The van der Waals surface area contributed by atoms with E-state index in [0.29, 0.717) is 20.5 Å². The van der Waals surface area contributed by atoms with Crippen molar-refractivity contribution >= 4 is 72.2 Å². The van der Waals surface area contributed by atoms with E-state index in [1.165, 1.54) is 11.3 Å². The van der Waals surface area contributed by atoms with Crippen molar-refractivity contribution in [3.05, 3.63) is 53.0 Å². The Morgan fingerprint density at radius 1 is 1.18 bits per heavy atom. The van der Waals surface area contributed by atoms with Crippen LogP contribution in [-0.2, 0) is 0 Å². The van der Waals surface area contributed by atoms with Crippen molar-refractivity contribution in [3.63, 3.8) is 0 Å². The predicted molar refractivity (Wildman–Crippen MR) is 79.6 cm³/mol. The quantitative estimate of drug-likeness (QED) is 0.566. The molecule has 0 N–H and O–H groups in total. The lowest BCUT2D eigenvalue weighted by Gasteiger charge is -2.01. The summed E-state index contributed by atoms with van der Waals surface area (Å²) in [6, 6.07) is 6.61. The van der Waals surface area contributed by atoms with Crippen LogP contribution in [0.15, 0.2) is 32.5 Å². The highest BCUT2D eigenvalue weighted by atomic mass is 79.9. The van der Waals surface area contributed by atoms with Crippen molar-refractivity contribution < 1.29 is 4.79 Å². The Bertz CT molecular complexity index is 576. The predicted octanol–water partition coefficient (Wildman–Crippen LogP) is 5.81. The van der Waals surface area contributed by atoms with Crippen LogP contribution in [0.3, 0.4) is 0 Å². The van der Waals surface area contributed by atoms with E-state index in [1.807, 2.05) is 0 Å². The fourth-order valence-corrected chi connectivity index (χ4v) is 3.75. The molecule has 0 spiro atoms. The first-order valence-electron chi connectivity index (χ1n) is 4.43. The van der Waals surface area contributed by atoms with E-state index < -0.39 is 0 Å². The standard InChI is InChI=1S/C11H4Br2Cl2OS/c12-7-4-9(17-11(7)13)10(16)6-2-1-5(14)3-8(6)15/h1-4H. The Kier molecular flexibility index (Phi) is 4.31. The van der Waals surface area contributed by atoms with Gasteiger partial charge in [-0.3, -0.25) is 4.79 Å². The Labute approximate surface area is 129 Å². The molecule has 2 aromatic rings. The number of thiophene rings is 1. The van der Waals surface area contributed by atoms with Gasteiger partial charge in [0.2, 0.25) is 5.78 Å². The largest absolute Gasteiger partial charge is 0.288 e. The molecule has 0 atom stereocenters. The SMILES string of the molecule is O=C(c1cc(Br)c(Br)s1)c1ccc(Cl)cc1Cl. The molecule has 88 valence electrons. The molecule has 0 fully saturated rings. The molecule has 0 radical (unpaired) electrons. The van der Waals surface area contributed by atoms with Crippen molar-refractivity contribution in [2.24, 2.45) is 0 Å². The molecule has 1 heterocycles. The van der Waals surface area contributed by atoms with Gasteiger partial charge in [0.25, 0.3) is 0 Å². The zero-order valence-electron chi connectivity index (χ0n) is 8.14. The molecule has 1 nitrogen and oxygen atoms in total. The molecule has 0 amide bonds. The third-order valence-corrected chi connectivity index (χ3v) is 5.85. The highest BCUT2D eigenvalue weighted by molar-refractivity contribution is 9.13. The third kappa shape index (κ3) is 2.93. The first-order chi connectivity index (χ1) is 7.99. The highest BCUT2D eigenvalue weighted by Crippen LogP contribution is 2.34. The van der Waals surface area contributed by atoms with E-state index in [2.05, 4.69) is 31.9 Å². The lowest BCUT2D eigenvalue weighted by Crippen LogP contribution is -1.99. The van der Waals surface area contributed by atoms with Crippen LogP contribution in [0.2, 0.25) is 10.0 Å². The number of benzene rings is 1. The number of carbonyl (C=O) groups excluding carboxylic acids is 1. The summed E-state index contributed by atoms with van der Waals surface area (Å²) < 4.78 is 1.74. The number of ketones is 1. The fraction of sp³-hybridized carbons (Fsp3) is 0. The molecule has 1 aromatic heterocycles. The van der Waals surface area contributed by atoms with Crippen molar-refractivity contribution in [2.75, 3.05) is 0 Å². The zero-order valence-corrected chi connectivity index (χ0v) is 13.6. The molecule has 0 bridgehead atoms. The zero-order chi connectivity index (χ0) is 12.6. The average Bonchev–Trinajstić information content (AvgIpc) is 2.58. The molecule has 1 aromatic carbocycles. The van der Waals surface area contributed by atoms with E-state index in [-0.39, 0.29) is 5.78 Å². The van der Waals surface area contributed by atoms with Crippen LogP contribution >= 0.6 is 66.4 Å². The fourth-order valence-electron chi connectivity index (χ4n) is 1.26. The van der Waals surface area contributed by atoms with Gasteiger partial charge in [0.05, 0.1) is 13.7 Å². The van der Waals surface area contributed by atoms with E-state index in [0.717, 1.165) is 8.26 Å². The molecule has 2 rings (SSSR count). The monoisotopic (exact) mass is 412 g/mol. The molecular weight excluding hydrogens is 411 g/mol. The molecule has 0 saturated heterocycles. The minimum absolute atomic E-state index is 0.108. The van der Waals surface area contributed by atoms with Gasteiger partial charge in [-0.15, -0.1) is 11.3 Å². The van der Waals surface area contributed by atoms with Crippen LogP contribution in [0.4, 0.5) is 0 Å². The van der Waals surface area contributed by atoms with E-state index in [9.17, 15) is 4.79 Å². The molecule has 0 aliphatic carbocycles. The van der Waals surface area contributed by atoms with Gasteiger partial charge in [-0.25, -0.2) is 0 Å². The normalized spacial score (nSPS) is 10.6. The number of halogens is 4. The maximum Gasteiger partial charge on any atom is 0.204 e. The van der Waals surface area contributed by atoms with Gasteiger partial charge >= 0.3 is 0 Å². The number of hydrogen-bond acceptors (Lipinski definition) is 2. The Morgan fingerprint density at radius 3 is 2.41 bits per heavy atom. The van der Waals surface area contributed by atoms with Crippen LogP contribution in [0.1, 0.15) is 15.2 Å². The highest BCUT2D eigenvalue weighted by Gasteiger charge is 2.16. The lowest BCUT2D eigenvalue weighted by atomic mass is 10.1. The van der Waals surface area contributed by atoms with Gasteiger partial charge < -0.3 is 0 Å². The second kappa shape index (κ2) is 5.41. The molecule has 0 aliphatic heterocycles. The van der Waals surface area contributed by atoms with Crippen molar-refractivity contribution in [1.82, 2.24) is 0 Å². The molecule has 0 aliphatic rings. The second-order valence-corrected chi connectivity index (χ2v) is 7.25. The number of rotatable bonds is 2. The first-order valence-corrected chi connectivity index (χ1v) is 7.59. The van der Waals surface area contributed by atoms with Gasteiger partial charge in [0.1, 0.15) is 0 Å². The van der Waals surface area contributed by atoms with E-state index >= 15 is 0 Å². The maximum atomic E-state index is 12.2. The van der Waals surface area contributed by atoms with Crippen LogP contribution < -0.4 is 0 Å². The van der Waals surface area contributed by atoms with Gasteiger partial charge in [-0.1, -0.05) is 23.2 Å². The Morgan fingerprint density at radius 2 is 1.88 bits per heavy atom. The third-order valence-electron chi connectivity index (χ3n) is 2.04. The van der Waals surface area contributed by atoms with Crippen LogP contribution in [0.25, 0.3) is 0 Å². The molecule has 17 heavy (non-hydrogen) atoms. The summed E-state index contributed by atoms with van der Waals surface area (Å²) in [6.45, 7) is 0. The number of hydrogen-bond donors (Lipinski definition) is 0. The molecule has 0 saturated carbocycles. The van der Waals surface area contributed by atoms with Crippen LogP contribution in [0, 0.1) is 0 Å². The summed E-state index contributed by atoms with van der Waals surface area (Å²) >= 11 is 19.8. The maximum absolute atomic E-state index is 12.2. The van der Waals surface area contributed by atoms with Crippen molar-refractivity contribution in [3.8, 4) is 0 Å².